The highest BCUT2D eigenvalue weighted by Gasteiger charge is 2.20. The van der Waals surface area contributed by atoms with Gasteiger partial charge in [0, 0.05) is 11.6 Å². The largest absolute Gasteiger partial charge is 0.323 e. The first kappa shape index (κ1) is 14.1. The fourth-order valence-corrected chi connectivity index (χ4v) is 2.23. The second-order valence-corrected chi connectivity index (χ2v) is 5.01. The second kappa shape index (κ2) is 5.75. The van der Waals surface area contributed by atoms with Crippen LogP contribution in [-0.2, 0) is 6.42 Å². The highest BCUT2D eigenvalue weighted by Crippen LogP contribution is 2.27. The van der Waals surface area contributed by atoms with Crippen molar-refractivity contribution < 1.29 is 13.2 Å². The molecule has 0 aliphatic rings. The van der Waals surface area contributed by atoms with E-state index in [4.69, 9.17) is 5.73 Å². The van der Waals surface area contributed by atoms with Gasteiger partial charge >= 0.3 is 0 Å². The molecule has 19 heavy (non-hydrogen) atoms. The predicted octanol–water partition coefficient (Wildman–Crippen LogP) is 4.11. The molecule has 1 atom stereocenters. The molecule has 5 heteroatoms. The summed E-state index contributed by atoms with van der Waals surface area (Å²) >= 11 is 2.98. The van der Waals surface area contributed by atoms with E-state index in [-0.39, 0.29) is 16.5 Å². The third-order valence-electron chi connectivity index (χ3n) is 2.85. The summed E-state index contributed by atoms with van der Waals surface area (Å²) in [6, 6.07) is 7.48. The Morgan fingerprint density at radius 1 is 1.00 bits per heavy atom. The van der Waals surface area contributed by atoms with Gasteiger partial charge in [-0.3, -0.25) is 0 Å². The molecule has 2 N–H and O–H groups in total. The van der Waals surface area contributed by atoms with Crippen molar-refractivity contribution in [3.63, 3.8) is 0 Å². The summed E-state index contributed by atoms with van der Waals surface area (Å²) in [7, 11) is 0. The maximum Gasteiger partial charge on any atom is 0.145 e. The molecule has 0 spiro atoms. The fourth-order valence-electron chi connectivity index (χ4n) is 1.89. The third kappa shape index (κ3) is 2.98. The Hall–Kier alpha value is -1.33. The van der Waals surface area contributed by atoms with Crippen LogP contribution in [0.15, 0.2) is 40.9 Å². The van der Waals surface area contributed by atoms with Gasteiger partial charge in [0.1, 0.15) is 17.5 Å². The summed E-state index contributed by atoms with van der Waals surface area (Å²) < 4.78 is 41.1. The Morgan fingerprint density at radius 3 is 2.37 bits per heavy atom. The summed E-state index contributed by atoms with van der Waals surface area (Å²) in [6.45, 7) is 0. The first-order valence-corrected chi connectivity index (χ1v) is 6.42. The lowest BCUT2D eigenvalue weighted by Crippen LogP contribution is -2.17. The lowest BCUT2D eigenvalue weighted by Gasteiger charge is -2.15. The Bertz CT molecular complexity index is 601. The number of halogens is 4. The minimum absolute atomic E-state index is 0.0248. The molecule has 0 fully saturated rings. The average Bonchev–Trinajstić information content (AvgIpc) is 2.37. The number of benzene rings is 2. The van der Waals surface area contributed by atoms with Gasteiger partial charge in [0.05, 0.1) is 4.47 Å². The van der Waals surface area contributed by atoms with Crippen LogP contribution in [-0.4, -0.2) is 0 Å². The second-order valence-electron chi connectivity index (χ2n) is 4.16. The molecule has 0 radical (unpaired) electrons. The number of rotatable bonds is 3. The fraction of sp³-hybridized carbons (Fsp3) is 0.143. The summed E-state index contributed by atoms with van der Waals surface area (Å²) in [5.74, 6) is -1.91. The Balaban J connectivity index is 2.33. The molecule has 0 heterocycles. The van der Waals surface area contributed by atoms with Crippen molar-refractivity contribution >= 4 is 15.9 Å². The van der Waals surface area contributed by atoms with Gasteiger partial charge in [0.15, 0.2) is 0 Å². The van der Waals surface area contributed by atoms with E-state index in [1.165, 1.54) is 12.1 Å². The van der Waals surface area contributed by atoms with Crippen molar-refractivity contribution in [3.8, 4) is 0 Å². The SMILES string of the molecule is NC(Cc1ccccc1F)c1c(F)ccc(Br)c1F. The molecule has 1 unspecified atom stereocenters. The van der Waals surface area contributed by atoms with Crippen LogP contribution in [0.1, 0.15) is 17.2 Å². The van der Waals surface area contributed by atoms with Crippen molar-refractivity contribution in [1.82, 2.24) is 0 Å². The van der Waals surface area contributed by atoms with Gasteiger partial charge in [-0.25, -0.2) is 13.2 Å². The zero-order chi connectivity index (χ0) is 14.0. The van der Waals surface area contributed by atoms with E-state index in [0.29, 0.717) is 5.56 Å². The van der Waals surface area contributed by atoms with Gasteiger partial charge < -0.3 is 5.73 Å². The predicted molar refractivity (Wildman–Crippen MR) is 71.1 cm³/mol. The zero-order valence-corrected chi connectivity index (χ0v) is 11.4. The van der Waals surface area contributed by atoms with Crippen molar-refractivity contribution in [2.75, 3.05) is 0 Å². The van der Waals surface area contributed by atoms with E-state index in [9.17, 15) is 13.2 Å². The first-order chi connectivity index (χ1) is 9.00. The van der Waals surface area contributed by atoms with Gasteiger partial charge in [-0.2, -0.15) is 0 Å². The van der Waals surface area contributed by atoms with Crippen LogP contribution in [0, 0.1) is 17.5 Å². The highest BCUT2D eigenvalue weighted by atomic mass is 79.9. The first-order valence-electron chi connectivity index (χ1n) is 5.63. The lowest BCUT2D eigenvalue weighted by molar-refractivity contribution is 0.514. The Morgan fingerprint density at radius 2 is 1.68 bits per heavy atom. The average molecular weight is 330 g/mol. The van der Waals surface area contributed by atoms with E-state index >= 15 is 0 Å². The van der Waals surface area contributed by atoms with Crippen molar-refractivity contribution in [3.05, 3.63) is 69.4 Å². The van der Waals surface area contributed by atoms with E-state index in [1.54, 1.807) is 18.2 Å². The molecule has 0 amide bonds. The molecule has 0 saturated heterocycles. The molecule has 0 bridgehead atoms. The van der Waals surface area contributed by atoms with Crippen LogP contribution >= 0.6 is 15.9 Å². The van der Waals surface area contributed by atoms with Crippen LogP contribution in [0.2, 0.25) is 0 Å². The number of nitrogens with two attached hydrogens (primary N) is 1. The molecule has 2 rings (SSSR count). The molecule has 100 valence electrons. The van der Waals surface area contributed by atoms with E-state index in [1.807, 2.05) is 0 Å². The summed E-state index contributed by atoms with van der Waals surface area (Å²) in [6.07, 6.45) is 0.0248. The molecule has 1 nitrogen and oxygen atoms in total. The van der Waals surface area contributed by atoms with Crippen molar-refractivity contribution in [2.24, 2.45) is 5.73 Å². The summed E-state index contributed by atoms with van der Waals surface area (Å²) in [4.78, 5) is 0. The van der Waals surface area contributed by atoms with Gasteiger partial charge in [0.25, 0.3) is 0 Å². The monoisotopic (exact) mass is 329 g/mol. The quantitative estimate of drug-likeness (QED) is 0.842. The van der Waals surface area contributed by atoms with Gasteiger partial charge in [-0.05, 0) is 46.1 Å². The molecule has 0 aromatic heterocycles. The minimum atomic E-state index is -0.950. The van der Waals surface area contributed by atoms with Crippen molar-refractivity contribution in [1.29, 1.82) is 0 Å². The third-order valence-corrected chi connectivity index (χ3v) is 3.46. The minimum Gasteiger partial charge on any atom is -0.323 e. The molecule has 0 aliphatic heterocycles. The highest BCUT2D eigenvalue weighted by molar-refractivity contribution is 9.10. The maximum absolute atomic E-state index is 13.9. The lowest BCUT2D eigenvalue weighted by atomic mass is 9.98. The van der Waals surface area contributed by atoms with Crippen molar-refractivity contribution in [2.45, 2.75) is 12.5 Å². The number of hydrogen-bond donors (Lipinski definition) is 1. The molecule has 0 saturated carbocycles. The Kier molecular flexibility index (Phi) is 4.27. The van der Waals surface area contributed by atoms with Gasteiger partial charge in [0.2, 0.25) is 0 Å². The number of hydrogen-bond acceptors (Lipinski definition) is 1. The maximum atomic E-state index is 13.9. The smallest absolute Gasteiger partial charge is 0.145 e. The standard InChI is InChI=1S/C14H11BrF3N/c15-9-5-6-11(17)13(14(9)18)12(19)7-8-3-1-2-4-10(8)16/h1-6,12H,7,19H2. The van der Waals surface area contributed by atoms with E-state index in [2.05, 4.69) is 15.9 Å². The van der Waals surface area contributed by atoms with Crippen LogP contribution in [0.3, 0.4) is 0 Å². The summed E-state index contributed by atoms with van der Waals surface area (Å²) in [5, 5.41) is 0. The summed E-state index contributed by atoms with van der Waals surface area (Å²) in [5.41, 5.74) is 5.89. The van der Waals surface area contributed by atoms with Crippen LogP contribution in [0.4, 0.5) is 13.2 Å². The van der Waals surface area contributed by atoms with Gasteiger partial charge in [-0.1, -0.05) is 18.2 Å². The topological polar surface area (TPSA) is 26.0 Å². The molecule has 2 aromatic rings. The van der Waals surface area contributed by atoms with Crippen LogP contribution < -0.4 is 5.73 Å². The molecular formula is C14H11BrF3N. The molecule has 2 aromatic carbocycles. The molecular weight excluding hydrogens is 319 g/mol. The van der Waals surface area contributed by atoms with Crippen LogP contribution in [0.25, 0.3) is 0 Å². The van der Waals surface area contributed by atoms with E-state index in [0.717, 1.165) is 6.07 Å². The van der Waals surface area contributed by atoms with E-state index < -0.39 is 23.5 Å². The normalized spacial score (nSPS) is 12.5. The molecule has 0 aliphatic carbocycles. The Labute approximate surface area is 117 Å². The zero-order valence-electron chi connectivity index (χ0n) is 9.84. The van der Waals surface area contributed by atoms with Crippen LogP contribution in [0.5, 0.6) is 0 Å². The van der Waals surface area contributed by atoms with Gasteiger partial charge in [-0.15, -0.1) is 0 Å².